The van der Waals surface area contributed by atoms with Crippen LogP contribution in [0.1, 0.15) is 36.2 Å². The smallest absolute Gasteiger partial charge is 0.416 e. The number of rotatable bonds is 6. The van der Waals surface area contributed by atoms with Crippen LogP contribution in [0.2, 0.25) is 0 Å². The summed E-state index contributed by atoms with van der Waals surface area (Å²) in [6.45, 7) is 4.79. The first-order valence-electron chi connectivity index (χ1n) is 7.97. The van der Waals surface area contributed by atoms with Gasteiger partial charge in [-0.15, -0.1) is 0 Å². The Hall–Kier alpha value is -2.50. The molecule has 0 aliphatic rings. The predicted octanol–water partition coefficient (Wildman–Crippen LogP) is 5.38. The first-order valence-corrected chi connectivity index (χ1v) is 7.97. The largest absolute Gasteiger partial charge is 0.494 e. The number of halogens is 3. The van der Waals surface area contributed by atoms with Gasteiger partial charge in [-0.05, 0) is 54.8 Å². The van der Waals surface area contributed by atoms with E-state index in [4.69, 9.17) is 4.74 Å². The average Bonchev–Trinajstić information content (AvgIpc) is 2.54. The van der Waals surface area contributed by atoms with E-state index in [2.05, 4.69) is 19.2 Å². The number of nitrogens with one attached hydrogen (secondary N) is 1. The molecule has 0 aromatic heterocycles. The molecule has 25 heavy (non-hydrogen) atoms. The summed E-state index contributed by atoms with van der Waals surface area (Å²) in [4.78, 5) is 12.2. The molecule has 0 aliphatic carbocycles. The molecule has 0 spiro atoms. The van der Waals surface area contributed by atoms with Crippen molar-refractivity contribution in [3.05, 3.63) is 59.7 Å². The van der Waals surface area contributed by atoms with E-state index in [9.17, 15) is 18.0 Å². The van der Waals surface area contributed by atoms with Crippen LogP contribution in [0.5, 0.6) is 5.75 Å². The van der Waals surface area contributed by atoms with E-state index in [0.717, 1.165) is 18.6 Å². The molecule has 1 N–H and O–H groups in total. The highest BCUT2D eigenvalue weighted by molar-refractivity contribution is 6.04. The summed E-state index contributed by atoms with van der Waals surface area (Å²) in [6.07, 6.45) is -3.52. The molecule has 134 valence electrons. The van der Waals surface area contributed by atoms with Crippen molar-refractivity contribution >= 4 is 11.6 Å². The lowest BCUT2D eigenvalue weighted by Crippen LogP contribution is -2.13. The van der Waals surface area contributed by atoms with Gasteiger partial charge in [0.1, 0.15) is 5.75 Å². The van der Waals surface area contributed by atoms with Crippen molar-refractivity contribution in [2.75, 3.05) is 11.9 Å². The van der Waals surface area contributed by atoms with E-state index in [1.54, 1.807) is 24.3 Å². The summed E-state index contributed by atoms with van der Waals surface area (Å²) in [5, 5.41) is 2.47. The summed E-state index contributed by atoms with van der Waals surface area (Å²) < 4.78 is 43.7. The minimum absolute atomic E-state index is 0.0945. The normalized spacial score (nSPS) is 11.4. The molecule has 0 saturated carbocycles. The monoisotopic (exact) mass is 351 g/mol. The van der Waals surface area contributed by atoms with Gasteiger partial charge in [0.2, 0.25) is 0 Å². The van der Waals surface area contributed by atoms with Gasteiger partial charge in [-0.25, -0.2) is 0 Å². The Bertz CT molecular complexity index is 709. The highest BCUT2D eigenvalue weighted by Gasteiger charge is 2.30. The van der Waals surface area contributed by atoms with Gasteiger partial charge in [0.15, 0.2) is 0 Å². The molecule has 0 fully saturated rings. The fourth-order valence-electron chi connectivity index (χ4n) is 2.09. The van der Waals surface area contributed by atoms with Crippen LogP contribution in [0.25, 0.3) is 0 Å². The van der Waals surface area contributed by atoms with Crippen LogP contribution >= 0.6 is 0 Å². The number of carbonyl (C=O) groups excluding carboxylic acids is 1. The molecule has 2 aromatic rings. The Kier molecular flexibility index (Phi) is 6.07. The molecule has 0 unspecified atom stereocenters. The number of ether oxygens (including phenoxy) is 1. The second kappa shape index (κ2) is 8.05. The van der Waals surface area contributed by atoms with E-state index in [1.165, 1.54) is 12.1 Å². The van der Waals surface area contributed by atoms with Gasteiger partial charge in [0.05, 0.1) is 12.2 Å². The number of carbonyl (C=O) groups is 1. The minimum Gasteiger partial charge on any atom is -0.494 e. The molecule has 2 rings (SSSR count). The fraction of sp³-hybridized carbons (Fsp3) is 0.316. The highest BCUT2D eigenvalue weighted by Crippen LogP contribution is 2.30. The van der Waals surface area contributed by atoms with Crippen LogP contribution in [0, 0.1) is 5.92 Å². The van der Waals surface area contributed by atoms with Crippen molar-refractivity contribution in [1.82, 2.24) is 0 Å². The van der Waals surface area contributed by atoms with Crippen molar-refractivity contribution in [2.24, 2.45) is 5.92 Å². The summed E-state index contributed by atoms with van der Waals surface area (Å²) in [7, 11) is 0. The molecule has 0 saturated heterocycles. The van der Waals surface area contributed by atoms with Crippen molar-refractivity contribution in [3.63, 3.8) is 0 Å². The summed E-state index contributed by atoms with van der Waals surface area (Å²) in [5.41, 5.74) is -0.370. The van der Waals surface area contributed by atoms with Gasteiger partial charge in [-0.3, -0.25) is 4.79 Å². The molecule has 0 heterocycles. The highest BCUT2D eigenvalue weighted by atomic mass is 19.4. The van der Waals surface area contributed by atoms with Crippen molar-refractivity contribution in [1.29, 1.82) is 0 Å². The van der Waals surface area contributed by atoms with Crippen LogP contribution in [-0.4, -0.2) is 12.5 Å². The van der Waals surface area contributed by atoms with E-state index in [-0.39, 0.29) is 5.69 Å². The lowest BCUT2D eigenvalue weighted by atomic mass is 10.1. The molecule has 0 atom stereocenters. The fourth-order valence-corrected chi connectivity index (χ4v) is 2.09. The van der Waals surface area contributed by atoms with E-state index >= 15 is 0 Å². The molecular weight excluding hydrogens is 331 g/mol. The second-order valence-electron chi connectivity index (χ2n) is 6.09. The summed E-state index contributed by atoms with van der Waals surface area (Å²) in [5.74, 6) is 0.710. The Labute approximate surface area is 144 Å². The van der Waals surface area contributed by atoms with Crippen LogP contribution in [-0.2, 0) is 6.18 Å². The summed E-state index contributed by atoms with van der Waals surface area (Å²) >= 11 is 0. The van der Waals surface area contributed by atoms with E-state index in [0.29, 0.717) is 23.8 Å². The van der Waals surface area contributed by atoms with Crippen LogP contribution in [0.4, 0.5) is 18.9 Å². The van der Waals surface area contributed by atoms with Gasteiger partial charge >= 0.3 is 6.18 Å². The molecule has 6 heteroatoms. The standard InChI is InChI=1S/C19H20F3NO2/c1-13(2)10-11-25-17-8-6-14(7-9-17)18(24)23-16-5-3-4-15(12-16)19(20,21)22/h3-9,12-13H,10-11H2,1-2H3,(H,23,24). The molecule has 0 bridgehead atoms. The Balaban J connectivity index is 1.99. The molecule has 1 amide bonds. The SMILES string of the molecule is CC(C)CCOc1ccc(C(=O)Nc2cccc(C(F)(F)F)c2)cc1. The third-order valence-corrected chi connectivity index (χ3v) is 3.53. The van der Waals surface area contributed by atoms with Crippen molar-refractivity contribution in [3.8, 4) is 5.75 Å². The lowest BCUT2D eigenvalue weighted by molar-refractivity contribution is -0.137. The van der Waals surface area contributed by atoms with Gasteiger partial charge in [-0.2, -0.15) is 13.2 Å². The molecule has 0 radical (unpaired) electrons. The van der Waals surface area contributed by atoms with Crippen molar-refractivity contribution < 1.29 is 22.7 Å². The molecular formula is C19H20F3NO2. The third kappa shape index (κ3) is 5.81. The molecule has 0 aliphatic heterocycles. The average molecular weight is 351 g/mol. The Morgan fingerprint density at radius 3 is 2.40 bits per heavy atom. The number of benzene rings is 2. The molecule has 2 aromatic carbocycles. The van der Waals surface area contributed by atoms with Gasteiger partial charge in [-0.1, -0.05) is 19.9 Å². The maximum atomic E-state index is 12.7. The van der Waals surface area contributed by atoms with Crippen LogP contribution in [0.15, 0.2) is 48.5 Å². The van der Waals surface area contributed by atoms with E-state index < -0.39 is 17.6 Å². The maximum Gasteiger partial charge on any atom is 0.416 e. The second-order valence-corrected chi connectivity index (χ2v) is 6.09. The number of hydrogen-bond donors (Lipinski definition) is 1. The Morgan fingerprint density at radius 2 is 1.80 bits per heavy atom. The third-order valence-electron chi connectivity index (χ3n) is 3.53. The Morgan fingerprint density at radius 1 is 1.12 bits per heavy atom. The zero-order chi connectivity index (χ0) is 18.4. The number of amides is 1. The number of anilines is 1. The van der Waals surface area contributed by atoms with Crippen LogP contribution in [0.3, 0.4) is 0 Å². The zero-order valence-electron chi connectivity index (χ0n) is 14.1. The topological polar surface area (TPSA) is 38.3 Å². The van der Waals surface area contributed by atoms with E-state index in [1.807, 2.05) is 0 Å². The maximum absolute atomic E-state index is 12.7. The first kappa shape index (κ1) is 18.8. The van der Waals surface area contributed by atoms with Gasteiger partial charge in [0.25, 0.3) is 5.91 Å². The summed E-state index contributed by atoms with van der Waals surface area (Å²) in [6, 6.07) is 11.0. The lowest BCUT2D eigenvalue weighted by Gasteiger charge is -2.11. The molecule has 3 nitrogen and oxygen atoms in total. The van der Waals surface area contributed by atoms with Crippen LogP contribution < -0.4 is 10.1 Å². The zero-order valence-corrected chi connectivity index (χ0v) is 14.1. The first-order chi connectivity index (χ1) is 11.8. The van der Waals surface area contributed by atoms with Gasteiger partial charge < -0.3 is 10.1 Å². The quantitative estimate of drug-likeness (QED) is 0.758. The van der Waals surface area contributed by atoms with Crippen molar-refractivity contribution in [2.45, 2.75) is 26.4 Å². The minimum atomic E-state index is -4.45. The number of alkyl halides is 3. The number of hydrogen-bond acceptors (Lipinski definition) is 2. The van der Waals surface area contributed by atoms with Gasteiger partial charge in [0, 0.05) is 11.3 Å². The predicted molar refractivity (Wildman–Crippen MR) is 90.8 cm³/mol.